The van der Waals surface area contributed by atoms with E-state index in [0.29, 0.717) is 33.9 Å². The molecule has 0 atom stereocenters. The van der Waals surface area contributed by atoms with Crippen molar-refractivity contribution in [3.8, 4) is 0 Å². The summed E-state index contributed by atoms with van der Waals surface area (Å²) in [6.07, 6.45) is 0. The normalized spacial score (nSPS) is 12.1. The van der Waals surface area contributed by atoms with Gasteiger partial charge in [0.2, 0.25) is 0 Å². The van der Waals surface area contributed by atoms with Gasteiger partial charge in [0.25, 0.3) is 0 Å². The lowest BCUT2D eigenvalue weighted by Crippen LogP contribution is -2.14. The average Bonchev–Trinajstić information content (AvgIpc) is 3.95. The molecule has 310 valence electrons. The monoisotopic (exact) mass is 852 g/mol. The van der Waals surface area contributed by atoms with Crippen molar-refractivity contribution in [2.45, 2.75) is 0 Å². The minimum atomic E-state index is -0.359. The summed E-state index contributed by atoms with van der Waals surface area (Å²) in [6.45, 7) is 0. The second kappa shape index (κ2) is 13.9. The first-order valence-electron chi connectivity index (χ1n) is 22.0. The molecular weight excluding hydrogens is 819 g/mol. The van der Waals surface area contributed by atoms with Gasteiger partial charge < -0.3 is 18.6 Å². The lowest BCUT2D eigenvalue weighted by molar-refractivity contribution is 0.629. The van der Waals surface area contributed by atoms with E-state index in [9.17, 15) is 0 Å². The van der Waals surface area contributed by atoms with E-state index in [2.05, 4.69) is 72.8 Å². The van der Waals surface area contributed by atoms with Crippen LogP contribution in [0.5, 0.6) is 0 Å². The van der Waals surface area contributed by atoms with Gasteiger partial charge in [0.1, 0.15) is 22.8 Å². The van der Waals surface area contributed by atoms with Crippen LogP contribution < -0.4 is 9.80 Å². The van der Waals surface area contributed by atoms with Crippen LogP contribution in [0.2, 0.25) is 0 Å². The molecule has 0 saturated heterocycles. The van der Waals surface area contributed by atoms with E-state index in [1.54, 1.807) is 12.1 Å². The molecule has 66 heavy (non-hydrogen) atoms. The van der Waals surface area contributed by atoms with E-state index in [4.69, 9.17) is 8.83 Å². The molecule has 14 rings (SSSR count). The maximum Gasteiger partial charge on any atom is 0.159 e. The Labute approximate surface area is 375 Å². The summed E-state index contributed by atoms with van der Waals surface area (Å²) in [6, 6.07) is 67.8. The Kier molecular flexibility index (Phi) is 7.72. The molecule has 0 saturated carbocycles. The van der Waals surface area contributed by atoms with Crippen molar-refractivity contribution in [3.63, 3.8) is 0 Å². The molecule has 0 aliphatic rings. The van der Waals surface area contributed by atoms with Crippen LogP contribution in [0.25, 0.3) is 97.7 Å². The lowest BCUT2D eigenvalue weighted by Gasteiger charge is -2.30. The highest BCUT2D eigenvalue weighted by Crippen LogP contribution is 2.52. The van der Waals surface area contributed by atoms with Crippen LogP contribution in [0.15, 0.2) is 215 Å². The fraction of sp³-hybridized carbons (Fsp3) is 0. The lowest BCUT2D eigenvalue weighted by atomic mass is 9.91. The summed E-state index contributed by atoms with van der Waals surface area (Å²) in [4.78, 5) is 4.07. The molecule has 0 fully saturated rings. The van der Waals surface area contributed by atoms with E-state index < -0.39 is 0 Å². The van der Waals surface area contributed by atoms with Crippen molar-refractivity contribution >= 4 is 132 Å². The molecule has 0 spiro atoms. The molecule has 2 heterocycles. The Balaban J connectivity index is 1.09. The van der Waals surface area contributed by atoms with Gasteiger partial charge in [0.05, 0.1) is 34.1 Å². The van der Waals surface area contributed by atoms with Gasteiger partial charge in [-0.15, -0.1) is 0 Å². The van der Waals surface area contributed by atoms with Crippen LogP contribution in [0.3, 0.4) is 0 Å². The molecule has 0 radical (unpaired) electrons. The average molecular weight is 853 g/mol. The summed E-state index contributed by atoms with van der Waals surface area (Å²) in [5.41, 5.74) is 6.68. The molecule has 0 bridgehead atoms. The molecule has 14 aromatic rings. The first kappa shape index (κ1) is 36.7. The number of hydrogen-bond donors (Lipinski definition) is 0. The highest BCUT2D eigenvalue weighted by Gasteiger charge is 2.29. The Morgan fingerprint density at radius 3 is 1.12 bits per heavy atom. The molecule has 0 N–H and O–H groups in total. The second-order valence-corrected chi connectivity index (χ2v) is 17.0. The number of nitrogens with zero attached hydrogens (tertiary/aromatic N) is 2. The third-order valence-electron chi connectivity index (χ3n) is 13.5. The predicted octanol–water partition coefficient (Wildman–Crippen LogP) is 17.9. The minimum absolute atomic E-state index is 0.359. The zero-order valence-electron chi connectivity index (χ0n) is 35.1. The molecule has 0 aliphatic heterocycles. The number of fused-ring (bicyclic) bond motifs is 8. The summed E-state index contributed by atoms with van der Waals surface area (Å²) < 4.78 is 47.4. The van der Waals surface area contributed by atoms with Crippen molar-refractivity contribution in [2.24, 2.45) is 0 Å². The van der Waals surface area contributed by atoms with E-state index in [1.807, 2.05) is 131 Å². The number of para-hydroxylation sites is 4. The quantitative estimate of drug-likeness (QED) is 0.156. The Morgan fingerprint density at radius 1 is 0.273 bits per heavy atom. The van der Waals surface area contributed by atoms with Crippen molar-refractivity contribution < 1.29 is 17.6 Å². The van der Waals surface area contributed by atoms with E-state index in [0.717, 1.165) is 97.9 Å². The molecule has 0 unspecified atom stereocenters. The van der Waals surface area contributed by atoms with Crippen molar-refractivity contribution in [1.82, 2.24) is 0 Å². The van der Waals surface area contributed by atoms with Crippen molar-refractivity contribution in [1.29, 1.82) is 0 Å². The van der Waals surface area contributed by atoms with Crippen molar-refractivity contribution in [3.05, 3.63) is 218 Å². The van der Waals surface area contributed by atoms with E-state index >= 15 is 8.78 Å². The predicted molar refractivity (Wildman–Crippen MR) is 269 cm³/mol. The van der Waals surface area contributed by atoms with Gasteiger partial charge >= 0.3 is 0 Å². The van der Waals surface area contributed by atoms with Crippen molar-refractivity contribution in [2.75, 3.05) is 9.80 Å². The zero-order chi connectivity index (χ0) is 43.6. The van der Waals surface area contributed by atoms with Crippen LogP contribution in [0.1, 0.15) is 0 Å². The van der Waals surface area contributed by atoms with Gasteiger partial charge in [-0.3, -0.25) is 0 Å². The van der Waals surface area contributed by atoms with Gasteiger partial charge in [0.15, 0.2) is 11.2 Å². The van der Waals surface area contributed by atoms with Gasteiger partial charge in [-0.05, 0) is 80.8 Å². The van der Waals surface area contributed by atoms with Crippen LogP contribution in [-0.4, -0.2) is 0 Å². The number of anilines is 6. The molecule has 0 amide bonds. The Morgan fingerprint density at radius 2 is 0.652 bits per heavy atom. The molecule has 2 aromatic heterocycles. The van der Waals surface area contributed by atoms with E-state index in [-0.39, 0.29) is 11.6 Å². The first-order valence-corrected chi connectivity index (χ1v) is 22.0. The summed E-state index contributed by atoms with van der Waals surface area (Å²) in [5.74, 6) is -0.718. The molecule has 4 nitrogen and oxygen atoms in total. The number of halogens is 2. The Hall–Kier alpha value is -8.74. The summed E-state index contributed by atoms with van der Waals surface area (Å²) in [7, 11) is 0. The first-order chi connectivity index (χ1) is 32.6. The fourth-order valence-corrected chi connectivity index (χ4v) is 10.6. The summed E-state index contributed by atoms with van der Waals surface area (Å²) >= 11 is 0. The van der Waals surface area contributed by atoms with E-state index in [1.165, 1.54) is 0 Å². The number of benzene rings is 12. The maximum absolute atomic E-state index is 17.0. The SMILES string of the molecule is Fc1ccc2ccccc2c1N(c1ccc2ccc3c(N(c4c(F)ccc5ccccc45)c4cccc5c4oc4ccccc45)ccc4ccc1c2c43)c1cccc2c1oc1ccccc12. The highest BCUT2D eigenvalue weighted by atomic mass is 19.1. The minimum Gasteiger partial charge on any atom is -0.454 e. The van der Waals surface area contributed by atoms with Crippen LogP contribution >= 0.6 is 0 Å². The highest BCUT2D eigenvalue weighted by molar-refractivity contribution is 6.29. The smallest absolute Gasteiger partial charge is 0.159 e. The van der Waals surface area contributed by atoms with Crippen LogP contribution in [0.4, 0.5) is 42.9 Å². The summed E-state index contributed by atoms with van der Waals surface area (Å²) in [5, 5.41) is 13.1. The van der Waals surface area contributed by atoms with Gasteiger partial charge in [-0.2, -0.15) is 0 Å². The fourth-order valence-electron chi connectivity index (χ4n) is 10.6. The van der Waals surface area contributed by atoms with Crippen LogP contribution in [0, 0.1) is 11.6 Å². The van der Waals surface area contributed by atoms with Gasteiger partial charge in [0, 0.05) is 43.1 Å². The van der Waals surface area contributed by atoms with Gasteiger partial charge in [-0.25, -0.2) is 8.78 Å². The largest absolute Gasteiger partial charge is 0.454 e. The molecule has 0 aliphatic carbocycles. The van der Waals surface area contributed by atoms with Gasteiger partial charge in [-0.1, -0.05) is 158 Å². The maximum atomic E-state index is 17.0. The molecule has 6 heteroatoms. The standard InChI is InChI=1S/C60H34F2N2O2/c61-47-31-25-35-11-1-3-13-39(35)57(47)63(51-19-9-17-43-41-15-5-7-21-53(41)65-59(43)51)49-33-27-37-24-30-46-50(34-28-38-23-29-45(49)55(37)56(38)46)64(58-40-14-4-2-12-36(40)26-32-48(58)62)52-20-10-18-44-42-16-6-8-22-54(42)66-60(44)52/h1-34H. The number of furan rings is 2. The topological polar surface area (TPSA) is 32.8 Å². The second-order valence-electron chi connectivity index (χ2n) is 17.0. The zero-order valence-corrected chi connectivity index (χ0v) is 35.1. The third kappa shape index (κ3) is 5.18. The molecular formula is C60H34F2N2O2. The molecule has 12 aromatic carbocycles. The van der Waals surface area contributed by atoms with Crippen LogP contribution in [-0.2, 0) is 0 Å². The Bertz CT molecular complexity index is 4020. The number of hydrogen-bond acceptors (Lipinski definition) is 4. The third-order valence-corrected chi connectivity index (χ3v) is 13.5. The number of rotatable bonds is 6.